The predicted molar refractivity (Wildman–Crippen MR) is 75.1 cm³/mol. The average Bonchev–Trinajstić information content (AvgIpc) is 2.46. The second kappa shape index (κ2) is 6.18. The van der Waals surface area contributed by atoms with E-state index < -0.39 is 17.7 Å². The van der Waals surface area contributed by atoms with Crippen LogP contribution in [0.3, 0.4) is 0 Å². The molecule has 3 nitrogen and oxygen atoms in total. The first-order valence-corrected chi connectivity index (χ1v) is 6.39. The molecule has 2 heterocycles. The first kappa shape index (κ1) is 16.6. The van der Waals surface area contributed by atoms with Crippen LogP contribution < -0.4 is 5.32 Å². The standard InChI is InChI=1S/C14H11F4N3.ClH/c15-9-3-1-8(2-4-9)13-20-11-7-19-6-5-10(11)12(21-13)14(16,17)18;/h1-4,19H,5-7H2;1H. The van der Waals surface area contributed by atoms with Crippen molar-refractivity contribution in [3.8, 4) is 11.4 Å². The van der Waals surface area contributed by atoms with Gasteiger partial charge in [0.05, 0.1) is 5.69 Å². The first-order valence-electron chi connectivity index (χ1n) is 6.39. The lowest BCUT2D eigenvalue weighted by Gasteiger charge is -2.21. The van der Waals surface area contributed by atoms with Gasteiger partial charge in [-0.05, 0) is 37.2 Å². The summed E-state index contributed by atoms with van der Waals surface area (Å²) in [7, 11) is 0. The normalized spacial score (nSPS) is 14.2. The molecule has 0 aliphatic carbocycles. The van der Waals surface area contributed by atoms with E-state index in [1.54, 1.807) is 0 Å². The molecule has 1 aliphatic heterocycles. The van der Waals surface area contributed by atoms with Gasteiger partial charge in [0, 0.05) is 17.7 Å². The molecule has 1 aromatic heterocycles. The van der Waals surface area contributed by atoms with Gasteiger partial charge < -0.3 is 5.32 Å². The highest BCUT2D eigenvalue weighted by Gasteiger charge is 2.38. The molecule has 1 aliphatic rings. The van der Waals surface area contributed by atoms with Crippen LogP contribution in [0.5, 0.6) is 0 Å². The minimum atomic E-state index is -4.53. The smallest absolute Gasteiger partial charge is 0.311 e. The van der Waals surface area contributed by atoms with Crippen LogP contribution in [0.15, 0.2) is 24.3 Å². The van der Waals surface area contributed by atoms with Crippen molar-refractivity contribution < 1.29 is 17.6 Å². The van der Waals surface area contributed by atoms with Gasteiger partial charge in [-0.1, -0.05) is 0 Å². The molecule has 0 amide bonds. The van der Waals surface area contributed by atoms with Crippen molar-refractivity contribution in [2.45, 2.75) is 19.1 Å². The number of nitrogens with zero attached hydrogens (tertiary/aromatic N) is 2. The number of aromatic nitrogens is 2. The van der Waals surface area contributed by atoms with Crippen molar-refractivity contribution in [3.05, 3.63) is 47.0 Å². The maximum absolute atomic E-state index is 13.2. The molecule has 0 bridgehead atoms. The Balaban J connectivity index is 0.00000176. The van der Waals surface area contributed by atoms with E-state index in [2.05, 4.69) is 15.3 Å². The Labute approximate surface area is 130 Å². The average molecular weight is 334 g/mol. The molecule has 0 atom stereocenters. The summed E-state index contributed by atoms with van der Waals surface area (Å²) < 4.78 is 52.4. The highest BCUT2D eigenvalue weighted by Crippen LogP contribution is 2.34. The first-order chi connectivity index (χ1) is 9.95. The van der Waals surface area contributed by atoms with Crippen molar-refractivity contribution in [3.63, 3.8) is 0 Å². The molecular weight excluding hydrogens is 322 g/mol. The Morgan fingerprint density at radius 2 is 1.73 bits per heavy atom. The van der Waals surface area contributed by atoms with Crippen LogP contribution in [0.2, 0.25) is 0 Å². The van der Waals surface area contributed by atoms with Crippen LogP contribution in [0.4, 0.5) is 17.6 Å². The zero-order valence-corrected chi connectivity index (χ0v) is 12.1. The molecular formula is C14H12ClF4N3. The van der Waals surface area contributed by atoms with E-state index in [9.17, 15) is 17.6 Å². The highest BCUT2D eigenvalue weighted by molar-refractivity contribution is 5.85. The van der Waals surface area contributed by atoms with Crippen LogP contribution in [0.1, 0.15) is 17.0 Å². The summed E-state index contributed by atoms with van der Waals surface area (Å²) in [5.41, 5.74) is -0.0430. The second-order valence-corrected chi connectivity index (χ2v) is 4.75. The molecule has 2 aromatic rings. The van der Waals surface area contributed by atoms with E-state index in [-0.39, 0.29) is 36.8 Å². The van der Waals surface area contributed by atoms with Crippen molar-refractivity contribution in [1.82, 2.24) is 15.3 Å². The Morgan fingerprint density at radius 1 is 1.05 bits per heavy atom. The van der Waals surface area contributed by atoms with Crippen LogP contribution in [-0.4, -0.2) is 16.5 Å². The molecule has 1 aromatic carbocycles. The SMILES string of the molecule is Cl.Fc1ccc(-c2nc3c(c(C(F)(F)F)n2)CCNC3)cc1. The van der Waals surface area contributed by atoms with Crippen molar-refractivity contribution in [1.29, 1.82) is 0 Å². The van der Waals surface area contributed by atoms with Gasteiger partial charge in [-0.25, -0.2) is 14.4 Å². The number of benzene rings is 1. The fourth-order valence-electron chi connectivity index (χ4n) is 2.32. The Kier molecular flexibility index (Phi) is 4.67. The Bertz CT molecular complexity index is 671. The molecule has 3 rings (SSSR count). The van der Waals surface area contributed by atoms with Crippen LogP contribution in [0.25, 0.3) is 11.4 Å². The summed E-state index contributed by atoms with van der Waals surface area (Å²) in [6.45, 7) is 0.741. The van der Waals surface area contributed by atoms with Crippen LogP contribution in [0, 0.1) is 5.82 Å². The maximum Gasteiger partial charge on any atom is 0.433 e. The molecule has 118 valence electrons. The number of halogens is 5. The number of alkyl halides is 3. The topological polar surface area (TPSA) is 37.8 Å². The molecule has 0 radical (unpaired) electrons. The quantitative estimate of drug-likeness (QED) is 0.813. The molecule has 22 heavy (non-hydrogen) atoms. The summed E-state index contributed by atoms with van der Waals surface area (Å²) in [5, 5.41) is 2.99. The van der Waals surface area contributed by atoms with E-state index in [4.69, 9.17) is 0 Å². The van der Waals surface area contributed by atoms with Gasteiger partial charge in [0.2, 0.25) is 0 Å². The maximum atomic E-state index is 13.2. The fraction of sp³-hybridized carbons (Fsp3) is 0.286. The van der Waals surface area contributed by atoms with E-state index in [0.29, 0.717) is 17.8 Å². The Morgan fingerprint density at radius 3 is 2.36 bits per heavy atom. The summed E-state index contributed by atoms with van der Waals surface area (Å²) in [6.07, 6.45) is -4.28. The van der Waals surface area contributed by atoms with Gasteiger partial charge in [0.25, 0.3) is 0 Å². The van der Waals surface area contributed by atoms with E-state index >= 15 is 0 Å². The summed E-state index contributed by atoms with van der Waals surface area (Å²) in [6, 6.07) is 5.08. The lowest BCUT2D eigenvalue weighted by molar-refractivity contribution is -0.142. The summed E-state index contributed by atoms with van der Waals surface area (Å²) >= 11 is 0. The zero-order chi connectivity index (χ0) is 15.0. The van der Waals surface area contributed by atoms with Gasteiger partial charge >= 0.3 is 6.18 Å². The van der Waals surface area contributed by atoms with Gasteiger partial charge in [-0.3, -0.25) is 0 Å². The number of fused-ring (bicyclic) bond motifs is 1. The van der Waals surface area contributed by atoms with Crippen molar-refractivity contribution in [2.75, 3.05) is 6.54 Å². The molecule has 0 unspecified atom stereocenters. The van der Waals surface area contributed by atoms with Crippen LogP contribution in [-0.2, 0) is 19.1 Å². The zero-order valence-electron chi connectivity index (χ0n) is 11.2. The minimum absolute atomic E-state index is 0. The molecule has 0 saturated carbocycles. The number of rotatable bonds is 1. The predicted octanol–water partition coefficient (Wildman–Crippen LogP) is 3.37. The highest BCUT2D eigenvalue weighted by atomic mass is 35.5. The van der Waals surface area contributed by atoms with Gasteiger partial charge in [0.1, 0.15) is 5.82 Å². The van der Waals surface area contributed by atoms with E-state index in [1.165, 1.54) is 24.3 Å². The number of hydrogen-bond acceptors (Lipinski definition) is 3. The number of nitrogens with one attached hydrogen (secondary N) is 1. The molecule has 8 heteroatoms. The monoisotopic (exact) mass is 333 g/mol. The number of hydrogen-bond donors (Lipinski definition) is 1. The second-order valence-electron chi connectivity index (χ2n) is 4.75. The Hall–Kier alpha value is -1.73. The van der Waals surface area contributed by atoms with E-state index in [0.717, 1.165) is 0 Å². The minimum Gasteiger partial charge on any atom is -0.311 e. The third-order valence-electron chi connectivity index (χ3n) is 3.31. The lowest BCUT2D eigenvalue weighted by atomic mass is 10.0. The molecule has 0 spiro atoms. The van der Waals surface area contributed by atoms with Gasteiger partial charge in [-0.2, -0.15) is 13.2 Å². The van der Waals surface area contributed by atoms with Gasteiger partial charge in [-0.15, -0.1) is 12.4 Å². The summed E-state index contributed by atoms with van der Waals surface area (Å²) in [5.74, 6) is -0.501. The van der Waals surface area contributed by atoms with Crippen LogP contribution >= 0.6 is 12.4 Å². The molecule has 1 N–H and O–H groups in total. The molecule has 0 saturated heterocycles. The van der Waals surface area contributed by atoms with Crippen molar-refractivity contribution >= 4 is 12.4 Å². The molecule has 0 fully saturated rings. The third kappa shape index (κ3) is 3.20. The van der Waals surface area contributed by atoms with E-state index in [1.807, 2.05) is 0 Å². The van der Waals surface area contributed by atoms with Gasteiger partial charge in [0.15, 0.2) is 11.5 Å². The van der Waals surface area contributed by atoms with Crippen molar-refractivity contribution in [2.24, 2.45) is 0 Å². The summed E-state index contributed by atoms with van der Waals surface area (Å²) in [4.78, 5) is 7.86. The fourth-order valence-corrected chi connectivity index (χ4v) is 2.32. The third-order valence-corrected chi connectivity index (χ3v) is 3.31. The lowest BCUT2D eigenvalue weighted by Crippen LogP contribution is -2.28. The largest absolute Gasteiger partial charge is 0.433 e.